The summed E-state index contributed by atoms with van der Waals surface area (Å²) in [6.45, 7) is 0.271. The van der Waals surface area contributed by atoms with Crippen molar-refractivity contribution in [3.05, 3.63) is 74.5 Å². The maximum absolute atomic E-state index is 12.5. The second-order valence-corrected chi connectivity index (χ2v) is 7.22. The van der Waals surface area contributed by atoms with E-state index in [1.54, 1.807) is 24.3 Å². The molecule has 8 nitrogen and oxygen atoms in total. The van der Waals surface area contributed by atoms with Gasteiger partial charge in [-0.3, -0.25) is 14.6 Å². The first kappa shape index (κ1) is 19.8. The molecule has 0 saturated carbocycles. The fourth-order valence-corrected chi connectivity index (χ4v) is 3.65. The van der Waals surface area contributed by atoms with E-state index in [1.165, 1.54) is 7.11 Å². The van der Waals surface area contributed by atoms with E-state index >= 15 is 0 Å². The lowest BCUT2D eigenvalue weighted by molar-refractivity contribution is -0.116. The van der Waals surface area contributed by atoms with Crippen molar-refractivity contribution in [2.24, 2.45) is 0 Å². The first-order valence-electron chi connectivity index (χ1n) is 9.20. The van der Waals surface area contributed by atoms with Crippen molar-refractivity contribution < 1.29 is 14.3 Å². The van der Waals surface area contributed by atoms with E-state index in [4.69, 9.17) is 26.8 Å². The molecule has 2 aromatic carbocycles. The second kappa shape index (κ2) is 8.08. The summed E-state index contributed by atoms with van der Waals surface area (Å²) in [6, 6.07) is 12.7. The van der Waals surface area contributed by atoms with Gasteiger partial charge >= 0.3 is 0 Å². The predicted octanol–water partition coefficient (Wildman–Crippen LogP) is 3.07. The van der Waals surface area contributed by atoms with Crippen molar-refractivity contribution in [3.63, 3.8) is 0 Å². The summed E-state index contributed by atoms with van der Waals surface area (Å²) in [6.07, 6.45) is 0.102. The van der Waals surface area contributed by atoms with Crippen molar-refractivity contribution in [1.82, 2.24) is 9.97 Å². The molecule has 0 unspecified atom stereocenters. The van der Waals surface area contributed by atoms with Crippen LogP contribution in [0.5, 0.6) is 11.5 Å². The number of nitrogens with zero attached hydrogens (tertiary/aromatic N) is 1. The number of carbonyl (C=O) groups excluding carboxylic acids is 1. The number of halogens is 1. The number of benzene rings is 2. The van der Waals surface area contributed by atoms with Crippen LogP contribution < -0.4 is 26.1 Å². The summed E-state index contributed by atoms with van der Waals surface area (Å²) in [5.74, 6) is 0.383. The van der Waals surface area contributed by atoms with Gasteiger partial charge in [0.05, 0.1) is 12.7 Å². The maximum atomic E-state index is 12.5. The average molecular weight is 427 g/mol. The molecule has 4 rings (SSSR count). The minimum absolute atomic E-state index is 0.0550. The normalized spacial score (nSPS) is 15.3. The Bertz CT molecular complexity index is 1180. The molecule has 3 aromatic rings. The fraction of sp³-hybridized carbons (Fsp3) is 0.190. The topological polar surface area (TPSA) is 119 Å². The Morgan fingerprint density at radius 2 is 2.00 bits per heavy atom. The minimum atomic E-state index is -0.489. The molecule has 4 N–H and O–H groups in total. The van der Waals surface area contributed by atoms with E-state index in [-0.39, 0.29) is 36.3 Å². The molecular weight excluding hydrogens is 408 g/mol. The number of hydrogen-bond donors (Lipinski definition) is 3. The number of aromatic nitrogens is 2. The quantitative estimate of drug-likeness (QED) is 0.576. The molecule has 0 saturated heterocycles. The van der Waals surface area contributed by atoms with Crippen LogP contribution in [0.25, 0.3) is 0 Å². The third-order valence-corrected chi connectivity index (χ3v) is 5.27. The first-order chi connectivity index (χ1) is 14.5. The number of amides is 1. The van der Waals surface area contributed by atoms with Crippen LogP contribution in [0.2, 0.25) is 5.02 Å². The molecule has 1 aliphatic rings. The lowest BCUT2D eigenvalue weighted by Gasteiger charge is -2.25. The molecule has 2 heterocycles. The molecule has 1 aromatic heterocycles. The summed E-state index contributed by atoms with van der Waals surface area (Å²) in [5.41, 5.74) is 7.15. The van der Waals surface area contributed by atoms with Crippen LogP contribution in [-0.4, -0.2) is 23.0 Å². The number of fused-ring (bicyclic) bond motifs is 1. The standard InChI is InChI=1S/C21H19ClN4O4/c1-29-16-8-11(6-7-15(16)30-10-12-4-2-3-5-14(12)22)13-9-17(27)24-19-18(13)20(28)26-21(23)25-19/h2-8,13H,9-10H2,1H3,(H4,23,24,25,26,27,28)/t13-/m1/s1. The molecule has 0 aliphatic carbocycles. The second-order valence-electron chi connectivity index (χ2n) is 6.81. The molecule has 1 amide bonds. The number of H-pyrrole nitrogens is 1. The Morgan fingerprint density at radius 1 is 1.20 bits per heavy atom. The van der Waals surface area contributed by atoms with Gasteiger partial charge in [0.15, 0.2) is 11.5 Å². The third-order valence-electron chi connectivity index (χ3n) is 4.90. The van der Waals surface area contributed by atoms with Crippen molar-refractivity contribution in [1.29, 1.82) is 0 Å². The Kier molecular flexibility index (Phi) is 5.33. The number of nitrogen functional groups attached to an aromatic ring is 1. The summed E-state index contributed by atoms with van der Waals surface area (Å²) < 4.78 is 11.4. The summed E-state index contributed by atoms with van der Waals surface area (Å²) in [7, 11) is 1.53. The molecule has 154 valence electrons. The van der Waals surface area contributed by atoms with Gasteiger partial charge in [0.1, 0.15) is 12.4 Å². The van der Waals surface area contributed by atoms with Gasteiger partial charge < -0.3 is 20.5 Å². The predicted molar refractivity (Wildman–Crippen MR) is 113 cm³/mol. The highest BCUT2D eigenvalue weighted by molar-refractivity contribution is 6.31. The number of ether oxygens (including phenoxy) is 2. The van der Waals surface area contributed by atoms with Gasteiger partial charge in [-0.05, 0) is 23.8 Å². The van der Waals surface area contributed by atoms with Crippen LogP contribution in [-0.2, 0) is 11.4 Å². The molecule has 0 radical (unpaired) electrons. The van der Waals surface area contributed by atoms with Crippen LogP contribution in [0.15, 0.2) is 47.3 Å². The Balaban J connectivity index is 1.66. The summed E-state index contributed by atoms with van der Waals surface area (Å²) in [4.78, 5) is 31.2. The number of carbonyl (C=O) groups is 1. The van der Waals surface area contributed by atoms with Crippen LogP contribution in [0.4, 0.5) is 11.8 Å². The van der Waals surface area contributed by atoms with Crippen molar-refractivity contribution in [2.45, 2.75) is 18.9 Å². The lowest BCUT2D eigenvalue weighted by Crippen LogP contribution is -2.31. The lowest BCUT2D eigenvalue weighted by atomic mass is 9.86. The van der Waals surface area contributed by atoms with Crippen LogP contribution in [0, 0.1) is 0 Å². The highest BCUT2D eigenvalue weighted by Crippen LogP contribution is 2.38. The van der Waals surface area contributed by atoms with Gasteiger partial charge in [0, 0.05) is 22.9 Å². The average Bonchev–Trinajstić information content (AvgIpc) is 2.72. The Labute approximate surface area is 177 Å². The van der Waals surface area contributed by atoms with E-state index in [1.807, 2.05) is 18.2 Å². The summed E-state index contributed by atoms with van der Waals surface area (Å²) >= 11 is 6.18. The molecule has 0 bridgehead atoms. The number of nitrogens with two attached hydrogens (primary N) is 1. The third kappa shape index (κ3) is 3.81. The number of hydrogen-bond acceptors (Lipinski definition) is 6. The number of methoxy groups -OCH3 is 1. The van der Waals surface area contributed by atoms with Crippen LogP contribution >= 0.6 is 11.6 Å². The van der Waals surface area contributed by atoms with Gasteiger partial charge in [-0.25, -0.2) is 0 Å². The van der Waals surface area contributed by atoms with Gasteiger partial charge in [-0.2, -0.15) is 4.98 Å². The van der Waals surface area contributed by atoms with Crippen molar-refractivity contribution in [2.75, 3.05) is 18.2 Å². The molecule has 0 fully saturated rings. The number of rotatable bonds is 5. The highest BCUT2D eigenvalue weighted by atomic mass is 35.5. The largest absolute Gasteiger partial charge is 0.493 e. The van der Waals surface area contributed by atoms with Gasteiger partial charge in [-0.1, -0.05) is 35.9 Å². The zero-order valence-corrected chi connectivity index (χ0v) is 16.8. The van der Waals surface area contributed by atoms with Crippen LogP contribution in [0.1, 0.15) is 29.0 Å². The Morgan fingerprint density at radius 3 is 2.77 bits per heavy atom. The number of nitrogens with one attached hydrogen (secondary N) is 2. The number of aromatic amines is 1. The molecule has 1 atom stereocenters. The molecule has 0 spiro atoms. The van der Waals surface area contributed by atoms with Gasteiger partial charge in [0.2, 0.25) is 11.9 Å². The van der Waals surface area contributed by atoms with E-state index in [2.05, 4.69) is 15.3 Å². The minimum Gasteiger partial charge on any atom is -0.493 e. The smallest absolute Gasteiger partial charge is 0.258 e. The SMILES string of the molecule is COc1cc([C@H]2CC(=O)Nc3nc(N)[nH]c(=O)c32)ccc1OCc1ccccc1Cl. The van der Waals surface area contributed by atoms with Gasteiger partial charge in [0.25, 0.3) is 5.56 Å². The molecule has 9 heteroatoms. The van der Waals surface area contributed by atoms with Crippen molar-refractivity contribution >= 4 is 29.3 Å². The van der Waals surface area contributed by atoms with Crippen molar-refractivity contribution in [3.8, 4) is 11.5 Å². The van der Waals surface area contributed by atoms with E-state index in [0.717, 1.165) is 11.1 Å². The number of anilines is 2. The monoisotopic (exact) mass is 426 g/mol. The zero-order valence-electron chi connectivity index (χ0n) is 16.1. The molecular formula is C21H19ClN4O4. The van der Waals surface area contributed by atoms with E-state index < -0.39 is 5.92 Å². The zero-order chi connectivity index (χ0) is 21.3. The van der Waals surface area contributed by atoms with E-state index in [0.29, 0.717) is 22.1 Å². The maximum Gasteiger partial charge on any atom is 0.258 e. The van der Waals surface area contributed by atoms with E-state index in [9.17, 15) is 9.59 Å². The van der Waals surface area contributed by atoms with Crippen LogP contribution in [0.3, 0.4) is 0 Å². The van der Waals surface area contributed by atoms with Gasteiger partial charge in [-0.15, -0.1) is 0 Å². The summed E-state index contributed by atoms with van der Waals surface area (Å²) in [5, 5.41) is 3.22. The first-order valence-corrected chi connectivity index (χ1v) is 9.57. The molecule has 1 aliphatic heterocycles. The highest BCUT2D eigenvalue weighted by Gasteiger charge is 2.31. The molecule has 30 heavy (non-hydrogen) atoms. The fourth-order valence-electron chi connectivity index (χ4n) is 3.46. The Hall–Kier alpha value is -3.52.